The van der Waals surface area contributed by atoms with E-state index in [1.54, 1.807) is 0 Å². The third-order valence-electron chi connectivity index (χ3n) is 1.67. The zero-order valence-electron chi connectivity index (χ0n) is 9.19. The van der Waals surface area contributed by atoms with Crippen molar-refractivity contribution in [1.29, 1.82) is 0 Å². The molecule has 0 heterocycles. The highest BCUT2D eigenvalue weighted by atomic mass is 16.6. The van der Waals surface area contributed by atoms with Crippen LogP contribution in [0, 0.1) is 5.92 Å². The van der Waals surface area contributed by atoms with E-state index in [9.17, 15) is 14.4 Å². The number of ether oxygens (including phenoxy) is 2. The van der Waals surface area contributed by atoms with Crippen molar-refractivity contribution in [1.82, 2.24) is 0 Å². The van der Waals surface area contributed by atoms with Gasteiger partial charge in [-0.05, 0) is 6.42 Å². The van der Waals surface area contributed by atoms with E-state index in [0.717, 1.165) is 0 Å². The van der Waals surface area contributed by atoms with E-state index in [1.165, 1.54) is 13.8 Å². The number of hydrogen-bond donors (Lipinski definition) is 0. The Balaban J connectivity index is 4.40. The molecule has 0 aromatic carbocycles. The number of rotatable bonds is 6. The summed E-state index contributed by atoms with van der Waals surface area (Å²) in [6.07, 6.45) is 0.0981. The van der Waals surface area contributed by atoms with Gasteiger partial charge in [-0.15, -0.1) is 0 Å². The van der Waals surface area contributed by atoms with Crippen molar-refractivity contribution in [2.75, 3.05) is 6.61 Å². The Morgan fingerprint density at radius 2 is 2.00 bits per heavy atom. The Bertz CT molecular complexity index is 236. The molecule has 0 amide bonds. The monoisotopic (exact) mass is 216 g/mol. The number of hydrogen-bond acceptors (Lipinski definition) is 5. The highest BCUT2D eigenvalue weighted by Crippen LogP contribution is 2.08. The highest BCUT2D eigenvalue weighted by Gasteiger charge is 2.29. The first-order chi connectivity index (χ1) is 7.02. The van der Waals surface area contributed by atoms with Gasteiger partial charge >= 0.3 is 11.9 Å². The lowest BCUT2D eigenvalue weighted by Crippen LogP contribution is -2.35. The van der Waals surface area contributed by atoms with E-state index in [0.29, 0.717) is 12.7 Å². The van der Waals surface area contributed by atoms with Gasteiger partial charge in [-0.3, -0.25) is 4.79 Å². The van der Waals surface area contributed by atoms with Crippen molar-refractivity contribution in [2.45, 2.75) is 33.3 Å². The molecule has 0 saturated carbocycles. The van der Waals surface area contributed by atoms with Crippen molar-refractivity contribution < 1.29 is 23.9 Å². The summed E-state index contributed by atoms with van der Waals surface area (Å²) in [5.41, 5.74) is 0. The third kappa shape index (κ3) is 5.15. The highest BCUT2D eigenvalue weighted by molar-refractivity contribution is 5.81. The summed E-state index contributed by atoms with van der Waals surface area (Å²) in [6.45, 7) is 4.77. The fourth-order valence-corrected chi connectivity index (χ4v) is 0.905. The van der Waals surface area contributed by atoms with Gasteiger partial charge in [0.25, 0.3) is 0 Å². The predicted octanol–water partition coefficient (Wildman–Crippen LogP) is 0.706. The summed E-state index contributed by atoms with van der Waals surface area (Å²) in [5, 5.41) is 0. The zero-order chi connectivity index (χ0) is 11.8. The van der Waals surface area contributed by atoms with Gasteiger partial charge in [0.2, 0.25) is 6.10 Å². The van der Waals surface area contributed by atoms with E-state index in [-0.39, 0.29) is 6.61 Å². The van der Waals surface area contributed by atoms with Gasteiger partial charge in [-0.25, -0.2) is 4.79 Å². The first kappa shape index (κ1) is 13.6. The molecule has 0 aromatic heterocycles. The van der Waals surface area contributed by atoms with E-state index in [4.69, 9.17) is 9.47 Å². The second-order valence-corrected chi connectivity index (χ2v) is 3.19. The molecule has 0 aliphatic heterocycles. The lowest BCUT2D eigenvalue weighted by Gasteiger charge is -2.17. The minimum absolute atomic E-state index is 0.252. The molecule has 2 unspecified atom stereocenters. The molecule has 15 heavy (non-hydrogen) atoms. The van der Waals surface area contributed by atoms with Crippen LogP contribution in [0.5, 0.6) is 0 Å². The van der Waals surface area contributed by atoms with Crippen molar-refractivity contribution in [3.05, 3.63) is 0 Å². The second-order valence-electron chi connectivity index (χ2n) is 3.19. The van der Waals surface area contributed by atoms with E-state index >= 15 is 0 Å². The van der Waals surface area contributed by atoms with Crippen LogP contribution in [-0.4, -0.2) is 30.9 Å². The first-order valence-corrected chi connectivity index (χ1v) is 4.82. The van der Waals surface area contributed by atoms with Crippen LogP contribution in [0.4, 0.5) is 0 Å². The van der Waals surface area contributed by atoms with Gasteiger partial charge in [0, 0.05) is 6.92 Å². The normalized spacial score (nSPS) is 13.8. The van der Waals surface area contributed by atoms with Crippen molar-refractivity contribution in [3.8, 4) is 0 Å². The van der Waals surface area contributed by atoms with Gasteiger partial charge < -0.3 is 14.3 Å². The SMILES string of the molecule is CCCOC(=O)C(OC(C)=O)C(C)C=O. The molecule has 5 heteroatoms. The van der Waals surface area contributed by atoms with E-state index in [1.807, 2.05) is 6.92 Å². The summed E-state index contributed by atoms with van der Waals surface area (Å²) in [4.78, 5) is 32.6. The van der Waals surface area contributed by atoms with Crippen LogP contribution in [0.3, 0.4) is 0 Å². The summed E-state index contributed by atoms with van der Waals surface area (Å²) < 4.78 is 9.52. The van der Waals surface area contributed by atoms with Crippen molar-refractivity contribution in [3.63, 3.8) is 0 Å². The maximum absolute atomic E-state index is 11.4. The van der Waals surface area contributed by atoms with Crippen LogP contribution in [0.15, 0.2) is 0 Å². The molecule has 0 rings (SSSR count). The number of carbonyl (C=O) groups excluding carboxylic acids is 3. The van der Waals surface area contributed by atoms with Gasteiger partial charge in [0.15, 0.2) is 0 Å². The molecule has 0 spiro atoms. The molecule has 0 fully saturated rings. The number of carbonyl (C=O) groups is 3. The fraction of sp³-hybridized carbons (Fsp3) is 0.700. The Hall–Kier alpha value is -1.39. The average molecular weight is 216 g/mol. The van der Waals surface area contributed by atoms with Gasteiger partial charge in [-0.1, -0.05) is 13.8 Å². The Labute approximate surface area is 88.7 Å². The maximum Gasteiger partial charge on any atom is 0.348 e. The number of esters is 2. The average Bonchev–Trinajstić information content (AvgIpc) is 2.21. The molecule has 2 atom stereocenters. The number of aldehydes is 1. The van der Waals surface area contributed by atoms with Crippen LogP contribution < -0.4 is 0 Å². The molecule has 86 valence electrons. The standard InChI is InChI=1S/C10H16O5/c1-4-5-14-10(13)9(7(2)6-11)15-8(3)12/h6-7,9H,4-5H2,1-3H3. The first-order valence-electron chi connectivity index (χ1n) is 4.82. The topological polar surface area (TPSA) is 69.7 Å². The molecule has 5 nitrogen and oxygen atoms in total. The van der Waals surface area contributed by atoms with Crippen LogP contribution in [-0.2, 0) is 23.9 Å². The van der Waals surface area contributed by atoms with Crippen LogP contribution in [0.25, 0.3) is 0 Å². The zero-order valence-corrected chi connectivity index (χ0v) is 9.19. The molecule has 0 aromatic rings. The summed E-state index contributed by atoms with van der Waals surface area (Å²) >= 11 is 0. The Morgan fingerprint density at radius 1 is 1.40 bits per heavy atom. The Kier molecular flexibility index (Phi) is 6.33. The van der Waals surface area contributed by atoms with E-state index < -0.39 is 24.0 Å². The summed E-state index contributed by atoms with van der Waals surface area (Å²) in [6, 6.07) is 0. The molecular weight excluding hydrogens is 200 g/mol. The molecular formula is C10H16O5. The predicted molar refractivity (Wildman–Crippen MR) is 52.0 cm³/mol. The van der Waals surface area contributed by atoms with E-state index in [2.05, 4.69) is 0 Å². The molecule has 0 bridgehead atoms. The quantitative estimate of drug-likeness (QED) is 0.483. The lowest BCUT2D eigenvalue weighted by molar-refractivity contribution is -0.170. The van der Waals surface area contributed by atoms with Gasteiger partial charge in [0.1, 0.15) is 6.29 Å². The van der Waals surface area contributed by atoms with Crippen molar-refractivity contribution in [2.24, 2.45) is 5.92 Å². The largest absolute Gasteiger partial charge is 0.463 e. The molecule has 0 aliphatic rings. The molecule has 0 aliphatic carbocycles. The molecule has 0 N–H and O–H groups in total. The smallest absolute Gasteiger partial charge is 0.348 e. The lowest BCUT2D eigenvalue weighted by atomic mass is 10.1. The van der Waals surface area contributed by atoms with Crippen LogP contribution >= 0.6 is 0 Å². The minimum atomic E-state index is -1.13. The fourth-order valence-electron chi connectivity index (χ4n) is 0.905. The van der Waals surface area contributed by atoms with Gasteiger partial charge in [0.05, 0.1) is 12.5 Å². The van der Waals surface area contributed by atoms with Gasteiger partial charge in [-0.2, -0.15) is 0 Å². The summed E-state index contributed by atoms with van der Waals surface area (Å²) in [7, 11) is 0. The Morgan fingerprint density at radius 3 is 2.40 bits per heavy atom. The summed E-state index contributed by atoms with van der Waals surface area (Å²) in [5.74, 6) is -1.98. The second kappa shape index (κ2) is 6.98. The maximum atomic E-state index is 11.4. The third-order valence-corrected chi connectivity index (χ3v) is 1.67. The van der Waals surface area contributed by atoms with Crippen LogP contribution in [0.2, 0.25) is 0 Å². The molecule has 0 saturated heterocycles. The minimum Gasteiger partial charge on any atom is -0.463 e. The molecule has 0 radical (unpaired) electrons. The van der Waals surface area contributed by atoms with Crippen LogP contribution in [0.1, 0.15) is 27.2 Å². The van der Waals surface area contributed by atoms with Crippen molar-refractivity contribution >= 4 is 18.2 Å².